The zero-order valence-electron chi connectivity index (χ0n) is 11.6. The van der Waals surface area contributed by atoms with Crippen molar-refractivity contribution in [1.29, 1.82) is 0 Å². The first-order chi connectivity index (χ1) is 8.90. The molecule has 0 aromatic carbocycles. The van der Waals surface area contributed by atoms with E-state index in [4.69, 9.17) is 5.73 Å². The summed E-state index contributed by atoms with van der Waals surface area (Å²) in [6.07, 6.45) is 3.35. The SMILES string of the molecule is CCc1cnc(C(C)NS(=O)(=O)N(C)CCCN)s1. The zero-order valence-corrected chi connectivity index (χ0v) is 13.2. The van der Waals surface area contributed by atoms with E-state index in [0.717, 1.165) is 16.3 Å². The van der Waals surface area contributed by atoms with Crippen LogP contribution in [0.4, 0.5) is 0 Å². The summed E-state index contributed by atoms with van der Waals surface area (Å²) in [5.41, 5.74) is 5.38. The van der Waals surface area contributed by atoms with Gasteiger partial charge < -0.3 is 5.73 Å². The minimum Gasteiger partial charge on any atom is -0.330 e. The number of nitrogens with zero attached hydrogens (tertiary/aromatic N) is 2. The van der Waals surface area contributed by atoms with Gasteiger partial charge in [-0.05, 0) is 26.3 Å². The largest absolute Gasteiger partial charge is 0.330 e. The zero-order chi connectivity index (χ0) is 14.5. The summed E-state index contributed by atoms with van der Waals surface area (Å²) in [4.78, 5) is 5.40. The van der Waals surface area contributed by atoms with Gasteiger partial charge in [0.25, 0.3) is 10.2 Å². The third kappa shape index (κ3) is 4.81. The molecule has 1 atom stereocenters. The van der Waals surface area contributed by atoms with Crippen LogP contribution in [-0.4, -0.2) is 37.8 Å². The van der Waals surface area contributed by atoms with Crippen LogP contribution < -0.4 is 10.5 Å². The number of thiazole rings is 1. The Bertz CT molecular complexity index is 487. The Hall–Kier alpha value is -0.540. The number of rotatable bonds is 8. The van der Waals surface area contributed by atoms with E-state index in [2.05, 4.69) is 9.71 Å². The fourth-order valence-corrected chi connectivity index (χ4v) is 3.53. The van der Waals surface area contributed by atoms with E-state index >= 15 is 0 Å². The molecule has 110 valence electrons. The third-order valence-corrected chi connectivity index (χ3v) is 5.68. The van der Waals surface area contributed by atoms with Crippen molar-refractivity contribution in [2.24, 2.45) is 5.73 Å². The quantitative estimate of drug-likeness (QED) is 0.746. The Morgan fingerprint density at radius 3 is 2.79 bits per heavy atom. The average Bonchev–Trinajstić information content (AvgIpc) is 2.84. The van der Waals surface area contributed by atoms with Crippen molar-refractivity contribution < 1.29 is 8.42 Å². The molecule has 0 amide bonds. The van der Waals surface area contributed by atoms with Gasteiger partial charge in [-0.25, -0.2) is 4.98 Å². The predicted molar refractivity (Wildman–Crippen MR) is 78.3 cm³/mol. The molecule has 0 bridgehead atoms. The summed E-state index contributed by atoms with van der Waals surface area (Å²) in [6, 6.07) is -0.323. The first kappa shape index (κ1) is 16.5. The number of hydrogen-bond donors (Lipinski definition) is 2. The molecule has 0 aliphatic rings. The van der Waals surface area contributed by atoms with Crippen molar-refractivity contribution >= 4 is 21.5 Å². The summed E-state index contributed by atoms with van der Waals surface area (Å²) < 4.78 is 28.0. The van der Waals surface area contributed by atoms with Gasteiger partial charge in [0.2, 0.25) is 0 Å². The second-order valence-corrected chi connectivity index (χ2v) is 7.28. The Kier molecular flexibility index (Phi) is 6.34. The van der Waals surface area contributed by atoms with E-state index in [-0.39, 0.29) is 6.04 Å². The Morgan fingerprint density at radius 1 is 1.58 bits per heavy atom. The van der Waals surface area contributed by atoms with Crippen LogP contribution in [0.1, 0.15) is 36.2 Å². The minimum absolute atomic E-state index is 0.323. The summed E-state index contributed by atoms with van der Waals surface area (Å²) in [6.45, 7) is 4.73. The molecule has 0 saturated heterocycles. The van der Waals surface area contributed by atoms with Crippen LogP contribution in [0, 0.1) is 0 Å². The first-order valence-electron chi connectivity index (χ1n) is 6.29. The smallest absolute Gasteiger partial charge is 0.279 e. The summed E-state index contributed by atoms with van der Waals surface area (Å²) in [5.74, 6) is 0. The van der Waals surface area contributed by atoms with Crippen LogP contribution in [0.3, 0.4) is 0 Å². The van der Waals surface area contributed by atoms with E-state index < -0.39 is 10.2 Å². The maximum absolute atomic E-state index is 12.0. The van der Waals surface area contributed by atoms with E-state index in [1.165, 1.54) is 15.6 Å². The van der Waals surface area contributed by atoms with Gasteiger partial charge >= 0.3 is 0 Å². The maximum atomic E-state index is 12.0. The Balaban J connectivity index is 2.66. The van der Waals surface area contributed by atoms with Gasteiger partial charge in [0, 0.05) is 24.7 Å². The van der Waals surface area contributed by atoms with Crippen molar-refractivity contribution in [3.63, 3.8) is 0 Å². The lowest BCUT2D eigenvalue weighted by Crippen LogP contribution is -2.40. The fourth-order valence-electron chi connectivity index (χ4n) is 1.48. The molecule has 8 heteroatoms. The van der Waals surface area contributed by atoms with Crippen LogP contribution in [0.15, 0.2) is 6.20 Å². The highest BCUT2D eigenvalue weighted by Gasteiger charge is 2.22. The fraction of sp³-hybridized carbons (Fsp3) is 0.727. The Morgan fingerprint density at radius 2 is 2.26 bits per heavy atom. The lowest BCUT2D eigenvalue weighted by atomic mass is 10.4. The van der Waals surface area contributed by atoms with Gasteiger partial charge in [0.1, 0.15) is 5.01 Å². The minimum atomic E-state index is -3.48. The molecule has 0 aliphatic carbocycles. The van der Waals surface area contributed by atoms with Gasteiger partial charge in [-0.3, -0.25) is 0 Å². The van der Waals surface area contributed by atoms with Crippen LogP contribution in [0.2, 0.25) is 0 Å². The molecule has 1 aromatic rings. The number of aromatic nitrogens is 1. The molecule has 1 heterocycles. The van der Waals surface area contributed by atoms with Crippen molar-refractivity contribution in [2.75, 3.05) is 20.1 Å². The summed E-state index contributed by atoms with van der Waals surface area (Å²) in [7, 11) is -1.94. The standard InChI is InChI=1S/C11H22N4O2S2/c1-4-10-8-13-11(18-10)9(2)14-19(16,17)15(3)7-5-6-12/h8-9,14H,4-7,12H2,1-3H3. The van der Waals surface area contributed by atoms with Crippen molar-refractivity contribution in [2.45, 2.75) is 32.7 Å². The molecule has 19 heavy (non-hydrogen) atoms. The van der Waals surface area contributed by atoms with Gasteiger partial charge in [0.05, 0.1) is 6.04 Å². The van der Waals surface area contributed by atoms with Crippen LogP contribution in [-0.2, 0) is 16.6 Å². The highest BCUT2D eigenvalue weighted by molar-refractivity contribution is 7.87. The topological polar surface area (TPSA) is 88.3 Å². The highest BCUT2D eigenvalue weighted by Crippen LogP contribution is 2.21. The van der Waals surface area contributed by atoms with Gasteiger partial charge in [-0.2, -0.15) is 17.4 Å². The van der Waals surface area contributed by atoms with Crippen LogP contribution >= 0.6 is 11.3 Å². The van der Waals surface area contributed by atoms with E-state index in [1.807, 2.05) is 6.92 Å². The van der Waals surface area contributed by atoms with E-state index in [9.17, 15) is 8.42 Å². The number of hydrogen-bond acceptors (Lipinski definition) is 5. The van der Waals surface area contributed by atoms with Gasteiger partial charge in [0.15, 0.2) is 0 Å². The summed E-state index contributed by atoms with van der Waals surface area (Å²) in [5, 5.41) is 0.785. The molecule has 0 spiro atoms. The molecule has 1 rings (SSSR count). The third-order valence-electron chi connectivity index (χ3n) is 2.70. The molecular weight excluding hydrogens is 284 g/mol. The first-order valence-corrected chi connectivity index (χ1v) is 8.54. The highest BCUT2D eigenvalue weighted by atomic mass is 32.2. The van der Waals surface area contributed by atoms with Crippen LogP contribution in [0.5, 0.6) is 0 Å². The molecule has 0 fully saturated rings. The molecular formula is C11H22N4O2S2. The lowest BCUT2D eigenvalue weighted by Gasteiger charge is -2.19. The molecule has 0 radical (unpaired) electrons. The van der Waals surface area contributed by atoms with E-state index in [1.54, 1.807) is 20.2 Å². The number of nitrogens with two attached hydrogens (primary N) is 1. The van der Waals surface area contributed by atoms with Crippen LogP contribution in [0.25, 0.3) is 0 Å². The van der Waals surface area contributed by atoms with Gasteiger partial charge in [-0.15, -0.1) is 11.3 Å². The van der Waals surface area contributed by atoms with Gasteiger partial charge in [-0.1, -0.05) is 6.92 Å². The number of nitrogens with one attached hydrogen (secondary N) is 1. The molecule has 0 saturated carbocycles. The molecule has 6 nitrogen and oxygen atoms in total. The van der Waals surface area contributed by atoms with Crippen molar-refractivity contribution in [3.8, 4) is 0 Å². The van der Waals surface area contributed by atoms with E-state index in [0.29, 0.717) is 19.5 Å². The number of aryl methyl sites for hydroxylation is 1. The van der Waals surface area contributed by atoms with Crippen molar-refractivity contribution in [3.05, 3.63) is 16.1 Å². The molecule has 1 aromatic heterocycles. The molecule has 0 aliphatic heterocycles. The molecule has 3 N–H and O–H groups in total. The lowest BCUT2D eigenvalue weighted by molar-refractivity contribution is 0.446. The predicted octanol–water partition coefficient (Wildman–Crippen LogP) is 0.881. The normalized spacial score (nSPS) is 13.9. The second-order valence-electron chi connectivity index (χ2n) is 4.33. The summed E-state index contributed by atoms with van der Waals surface area (Å²) >= 11 is 1.53. The monoisotopic (exact) mass is 306 g/mol. The van der Waals surface area contributed by atoms with Crippen molar-refractivity contribution in [1.82, 2.24) is 14.0 Å². The molecule has 1 unspecified atom stereocenters. The Labute approximate surface area is 119 Å². The average molecular weight is 306 g/mol. The second kappa shape index (κ2) is 7.30. The maximum Gasteiger partial charge on any atom is 0.279 e.